The minimum absolute atomic E-state index is 0.0498. The number of para-hydroxylation sites is 1. The molecule has 0 aliphatic heterocycles. The summed E-state index contributed by atoms with van der Waals surface area (Å²) < 4.78 is 11.4. The maximum Gasteiger partial charge on any atom is 0.198 e. The van der Waals surface area contributed by atoms with E-state index in [1.807, 2.05) is 38.1 Å². The highest BCUT2D eigenvalue weighted by atomic mass is 16.5. The highest BCUT2D eigenvalue weighted by Crippen LogP contribution is 2.36. The van der Waals surface area contributed by atoms with Gasteiger partial charge >= 0.3 is 0 Å². The largest absolute Gasteiger partial charge is 0.490 e. The average molecular weight is 276 g/mol. The summed E-state index contributed by atoms with van der Waals surface area (Å²) in [6, 6.07) is 7.48. The fraction of sp³-hybridized carbons (Fsp3) is 0.588. The minimum atomic E-state index is -0.658. The SMILES string of the molecule is COC1(C(=O)c2ccccc2OC(C)C)CCCCC1. The summed E-state index contributed by atoms with van der Waals surface area (Å²) in [4.78, 5) is 13.0. The Bertz CT molecular complexity index is 459. The Labute approximate surface area is 121 Å². The molecule has 1 fully saturated rings. The molecule has 0 heterocycles. The van der Waals surface area contributed by atoms with Crippen LogP contribution in [0.25, 0.3) is 0 Å². The number of Topliss-reactive ketones (excluding diaryl/α,β-unsaturated/α-hetero) is 1. The van der Waals surface area contributed by atoms with Gasteiger partial charge in [0, 0.05) is 7.11 Å². The number of methoxy groups -OCH3 is 1. The molecule has 1 aliphatic carbocycles. The molecule has 0 spiro atoms. The summed E-state index contributed by atoms with van der Waals surface area (Å²) in [5.74, 6) is 0.727. The quantitative estimate of drug-likeness (QED) is 0.762. The van der Waals surface area contributed by atoms with E-state index in [0.717, 1.165) is 25.7 Å². The average Bonchev–Trinajstić information content (AvgIpc) is 2.47. The van der Waals surface area contributed by atoms with Crippen molar-refractivity contribution >= 4 is 5.78 Å². The molecule has 0 radical (unpaired) electrons. The first kappa shape index (κ1) is 15.0. The molecule has 110 valence electrons. The van der Waals surface area contributed by atoms with Crippen LogP contribution < -0.4 is 4.74 Å². The van der Waals surface area contributed by atoms with Gasteiger partial charge in [-0.25, -0.2) is 0 Å². The topological polar surface area (TPSA) is 35.5 Å². The van der Waals surface area contributed by atoms with Crippen LogP contribution in [-0.2, 0) is 4.74 Å². The zero-order valence-corrected chi connectivity index (χ0v) is 12.6. The van der Waals surface area contributed by atoms with Gasteiger partial charge in [-0.15, -0.1) is 0 Å². The summed E-state index contributed by atoms with van der Waals surface area (Å²) in [6.07, 6.45) is 4.94. The predicted octanol–water partition coefficient (Wildman–Crippen LogP) is 4.01. The molecule has 2 rings (SSSR count). The fourth-order valence-electron chi connectivity index (χ4n) is 2.90. The summed E-state index contributed by atoms with van der Waals surface area (Å²) >= 11 is 0. The second kappa shape index (κ2) is 6.40. The van der Waals surface area contributed by atoms with Crippen molar-refractivity contribution in [2.45, 2.75) is 57.7 Å². The van der Waals surface area contributed by atoms with Crippen molar-refractivity contribution in [2.75, 3.05) is 7.11 Å². The van der Waals surface area contributed by atoms with Crippen LogP contribution in [0.4, 0.5) is 0 Å². The van der Waals surface area contributed by atoms with Crippen molar-refractivity contribution in [3.63, 3.8) is 0 Å². The first-order valence-electron chi connectivity index (χ1n) is 7.45. The third-order valence-corrected chi connectivity index (χ3v) is 3.96. The Morgan fingerprint density at radius 2 is 1.80 bits per heavy atom. The highest BCUT2D eigenvalue weighted by Gasteiger charge is 2.41. The van der Waals surface area contributed by atoms with E-state index in [4.69, 9.17) is 9.47 Å². The van der Waals surface area contributed by atoms with Crippen LogP contribution in [0.3, 0.4) is 0 Å². The number of hydrogen-bond acceptors (Lipinski definition) is 3. The van der Waals surface area contributed by atoms with E-state index in [9.17, 15) is 4.79 Å². The number of hydrogen-bond donors (Lipinski definition) is 0. The maximum atomic E-state index is 13.0. The van der Waals surface area contributed by atoms with E-state index in [-0.39, 0.29) is 11.9 Å². The van der Waals surface area contributed by atoms with Crippen LogP contribution in [-0.4, -0.2) is 24.6 Å². The molecule has 1 aromatic carbocycles. The number of carbonyl (C=O) groups excluding carboxylic acids is 1. The number of rotatable bonds is 5. The van der Waals surface area contributed by atoms with Crippen LogP contribution in [0.1, 0.15) is 56.3 Å². The van der Waals surface area contributed by atoms with Gasteiger partial charge in [0.1, 0.15) is 11.4 Å². The van der Waals surface area contributed by atoms with Gasteiger partial charge in [-0.2, -0.15) is 0 Å². The van der Waals surface area contributed by atoms with Crippen molar-refractivity contribution < 1.29 is 14.3 Å². The molecule has 0 saturated heterocycles. The lowest BCUT2D eigenvalue weighted by molar-refractivity contribution is -0.0196. The lowest BCUT2D eigenvalue weighted by atomic mass is 9.79. The van der Waals surface area contributed by atoms with Gasteiger partial charge in [-0.05, 0) is 38.8 Å². The molecule has 0 amide bonds. The smallest absolute Gasteiger partial charge is 0.198 e. The van der Waals surface area contributed by atoms with Crippen LogP contribution in [0.5, 0.6) is 5.75 Å². The number of ketones is 1. The summed E-state index contributed by atoms with van der Waals surface area (Å²) in [5, 5.41) is 0. The Balaban J connectivity index is 2.32. The third kappa shape index (κ3) is 3.04. The zero-order chi connectivity index (χ0) is 14.6. The van der Waals surface area contributed by atoms with Crippen LogP contribution in [0.15, 0.2) is 24.3 Å². The highest BCUT2D eigenvalue weighted by molar-refractivity contribution is 6.04. The summed E-state index contributed by atoms with van der Waals surface area (Å²) in [7, 11) is 1.65. The van der Waals surface area contributed by atoms with Crippen LogP contribution in [0, 0.1) is 0 Å². The molecule has 0 unspecified atom stereocenters. The molecule has 1 aromatic rings. The second-order valence-electron chi connectivity index (χ2n) is 5.75. The molecule has 0 bridgehead atoms. The van der Waals surface area contributed by atoms with Crippen molar-refractivity contribution in [2.24, 2.45) is 0 Å². The van der Waals surface area contributed by atoms with Gasteiger partial charge < -0.3 is 9.47 Å². The van der Waals surface area contributed by atoms with Crippen molar-refractivity contribution in [3.05, 3.63) is 29.8 Å². The van der Waals surface area contributed by atoms with Gasteiger partial charge in [-0.1, -0.05) is 31.4 Å². The Morgan fingerprint density at radius 3 is 2.40 bits per heavy atom. The molecule has 20 heavy (non-hydrogen) atoms. The fourth-order valence-corrected chi connectivity index (χ4v) is 2.90. The number of ether oxygens (including phenoxy) is 2. The molecule has 0 N–H and O–H groups in total. The van der Waals surface area contributed by atoms with E-state index in [1.165, 1.54) is 6.42 Å². The van der Waals surface area contributed by atoms with Gasteiger partial charge in [0.25, 0.3) is 0 Å². The normalized spacial score (nSPS) is 18.0. The second-order valence-corrected chi connectivity index (χ2v) is 5.75. The van der Waals surface area contributed by atoms with Crippen molar-refractivity contribution in [3.8, 4) is 5.75 Å². The lowest BCUT2D eigenvalue weighted by Crippen LogP contribution is -2.42. The van der Waals surface area contributed by atoms with Crippen molar-refractivity contribution in [1.29, 1.82) is 0 Å². The first-order chi connectivity index (χ1) is 9.59. The molecule has 3 nitrogen and oxygen atoms in total. The van der Waals surface area contributed by atoms with E-state index in [2.05, 4.69) is 0 Å². The maximum absolute atomic E-state index is 13.0. The van der Waals surface area contributed by atoms with Crippen molar-refractivity contribution in [1.82, 2.24) is 0 Å². The van der Waals surface area contributed by atoms with Crippen LogP contribution in [0.2, 0.25) is 0 Å². The molecule has 3 heteroatoms. The molecular formula is C17H24O3. The van der Waals surface area contributed by atoms with E-state index >= 15 is 0 Å². The summed E-state index contributed by atoms with van der Waals surface area (Å²) in [5.41, 5.74) is -0.0146. The Kier molecular flexibility index (Phi) is 4.81. The number of benzene rings is 1. The van der Waals surface area contributed by atoms with Gasteiger partial charge in [-0.3, -0.25) is 4.79 Å². The third-order valence-electron chi connectivity index (χ3n) is 3.96. The molecule has 1 aliphatic rings. The molecule has 0 aromatic heterocycles. The van der Waals surface area contributed by atoms with Gasteiger partial charge in [0.15, 0.2) is 5.78 Å². The number of carbonyl (C=O) groups is 1. The standard InChI is InChI=1S/C17H24O3/c1-13(2)20-15-10-6-5-9-14(15)16(18)17(19-3)11-7-4-8-12-17/h5-6,9-10,13H,4,7-8,11-12H2,1-3H3. The zero-order valence-electron chi connectivity index (χ0n) is 12.6. The van der Waals surface area contributed by atoms with E-state index in [0.29, 0.717) is 11.3 Å². The summed E-state index contributed by atoms with van der Waals surface area (Å²) in [6.45, 7) is 3.93. The predicted molar refractivity (Wildman–Crippen MR) is 79.4 cm³/mol. The van der Waals surface area contributed by atoms with Gasteiger partial charge in [0.05, 0.1) is 11.7 Å². The van der Waals surface area contributed by atoms with Crippen LogP contribution >= 0.6 is 0 Å². The van der Waals surface area contributed by atoms with Gasteiger partial charge in [0.2, 0.25) is 0 Å². The van der Waals surface area contributed by atoms with E-state index in [1.54, 1.807) is 7.11 Å². The Morgan fingerprint density at radius 1 is 1.15 bits per heavy atom. The molecular weight excluding hydrogens is 252 g/mol. The first-order valence-corrected chi connectivity index (χ1v) is 7.45. The molecule has 0 atom stereocenters. The minimum Gasteiger partial charge on any atom is -0.490 e. The lowest BCUT2D eigenvalue weighted by Gasteiger charge is -2.34. The molecule has 1 saturated carbocycles. The monoisotopic (exact) mass is 276 g/mol. The Hall–Kier alpha value is -1.35. The van der Waals surface area contributed by atoms with E-state index < -0.39 is 5.60 Å².